The lowest BCUT2D eigenvalue weighted by Gasteiger charge is -2.35. The van der Waals surface area contributed by atoms with Crippen molar-refractivity contribution in [2.24, 2.45) is 0 Å². The Hall–Kier alpha value is -0.750. The van der Waals surface area contributed by atoms with Gasteiger partial charge in [-0.25, -0.2) is 8.78 Å². The standard InChI is InChI=1S/C11H20F2N2O2/c1-11(3-5-14-6-4-11)15-10(16)2-7-17-8-9(12)13/h9,14H,2-8H2,1H3,(H,15,16). The molecule has 0 spiro atoms. The first-order valence-electron chi connectivity index (χ1n) is 5.89. The van der Waals surface area contributed by atoms with Crippen molar-refractivity contribution in [3.8, 4) is 0 Å². The third-order valence-electron chi connectivity index (χ3n) is 2.87. The van der Waals surface area contributed by atoms with Crippen LogP contribution in [0.1, 0.15) is 26.2 Å². The predicted molar refractivity (Wildman–Crippen MR) is 60.1 cm³/mol. The van der Waals surface area contributed by atoms with Crippen molar-refractivity contribution in [2.45, 2.75) is 38.2 Å². The zero-order chi connectivity index (χ0) is 12.7. The van der Waals surface area contributed by atoms with Gasteiger partial charge in [0.1, 0.15) is 6.61 Å². The number of hydrogen-bond acceptors (Lipinski definition) is 3. The molecular weight excluding hydrogens is 230 g/mol. The van der Waals surface area contributed by atoms with E-state index in [4.69, 9.17) is 0 Å². The monoisotopic (exact) mass is 250 g/mol. The van der Waals surface area contributed by atoms with Gasteiger partial charge in [0.15, 0.2) is 0 Å². The Balaban J connectivity index is 2.15. The molecule has 1 fully saturated rings. The molecule has 0 aromatic heterocycles. The highest BCUT2D eigenvalue weighted by molar-refractivity contribution is 5.76. The van der Waals surface area contributed by atoms with E-state index in [1.165, 1.54) is 0 Å². The van der Waals surface area contributed by atoms with Gasteiger partial charge in [0, 0.05) is 12.0 Å². The summed E-state index contributed by atoms with van der Waals surface area (Å²) in [6, 6.07) is 0. The van der Waals surface area contributed by atoms with Gasteiger partial charge in [-0.15, -0.1) is 0 Å². The molecule has 1 amide bonds. The minimum Gasteiger partial charge on any atom is -0.375 e. The summed E-state index contributed by atoms with van der Waals surface area (Å²) in [6.45, 7) is 3.22. The van der Waals surface area contributed by atoms with E-state index in [1.54, 1.807) is 0 Å². The third kappa shape index (κ3) is 5.93. The van der Waals surface area contributed by atoms with Crippen LogP contribution in [0.5, 0.6) is 0 Å². The number of hydrogen-bond donors (Lipinski definition) is 2. The van der Waals surface area contributed by atoms with Crippen molar-refractivity contribution in [3.05, 3.63) is 0 Å². The number of alkyl halides is 2. The Bertz CT molecular complexity index is 244. The fourth-order valence-electron chi connectivity index (χ4n) is 1.84. The van der Waals surface area contributed by atoms with Crippen molar-refractivity contribution in [3.63, 3.8) is 0 Å². The largest absolute Gasteiger partial charge is 0.375 e. The van der Waals surface area contributed by atoms with E-state index in [2.05, 4.69) is 15.4 Å². The molecule has 0 aromatic rings. The van der Waals surface area contributed by atoms with Crippen LogP contribution in [0.4, 0.5) is 8.78 Å². The van der Waals surface area contributed by atoms with E-state index in [0.29, 0.717) is 0 Å². The summed E-state index contributed by atoms with van der Waals surface area (Å²) in [5.74, 6) is -0.135. The van der Waals surface area contributed by atoms with Crippen LogP contribution in [0.25, 0.3) is 0 Å². The lowest BCUT2D eigenvalue weighted by molar-refractivity contribution is -0.124. The zero-order valence-electron chi connectivity index (χ0n) is 10.1. The molecule has 100 valence electrons. The second-order valence-electron chi connectivity index (χ2n) is 4.57. The summed E-state index contributed by atoms with van der Waals surface area (Å²) in [7, 11) is 0. The molecule has 0 radical (unpaired) electrons. The van der Waals surface area contributed by atoms with Crippen LogP contribution in [-0.4, -0.2) is 44.2 Å². The number of amides is 1. The van der Waals surface area contributed by atoms with Gasteiger partial charge in [0.25, 0.3) is 6.43 Å². The fraction of sp³-hybridized carbons (Fsp3) is 0.909. The average Bonchev–Trinajstić information content (AvgIpc) is 2.24. The highest BCUT2D eigenvalue weighted by atomic mass is 19.3. The van der Waals surface area contributed by atoms with Gasteiger partial charge in [0.2, 0.25) is 5.91 Å². The van der Waals surface area contributed by atoms with E-state index in [-0.39, 0.29) is 24.5 Å². The van der Waals surface area contributed by atoms with Gasteiger partial charge >= 0.3 is 0 Å². The van der Waals surface area contributed by atoms with E-state index >= 15 is 0 Å². The Morgan fingerprint density at radius 2 is 2.12 bits per heavy atom. The molecule has 0 unspecified atom stereocenters. The number of carbonyl (C=O) groups is 1. The van der Waals surface area contributed by atoms with Crippen molar-refractivity contribution in [1.82, 2.24) is 10.6 Å². The van der Waals surface area contributed by atoms with Crippen LogP contribution in [-0.2, 0) is 9.53 Å². The highest BCUT2D eigenvalue weighted by Gasteiger charge is 2.27. The van der Waals surface area contributed by atoms with Crippen molar-refractivity contribution in [2.75, 3.05) is 26.3 Å². The first-order valence-corrected chi connectivity index (χ1v) is 5.89. The molecule has 17 heavy (non-hydrogen) atoms. The van der Waals surface area contributed by atoms with Gasteiger partial charge in [0.05, 0.1) is 6.61 Å². The van der Waals surface area contributed by atoms with Gasteiger partial charge in [-0.2, -0.15) is 0 Å². The van der Waals surface area contributed by atoms with Gasteiger partial charge in [-0.3, -0.25) is 4.79 Å². The SMILES string of the molecule is CC1(NC(=O)CCOCC(F)F)CCNCC1. The first kappa shape index (κ1) is 14.3. The second-order valence-corrected chi connectivity index (χ2v) is 4.57. The van der Waals surface area contributed by atoms with E-state index in [1.807, 2.05) is 6.92 Å². The summed E-state index contributed by atoms with van der Waals surface area (Å²) < 4.78 is 28.2. The van der Waals surface area contributed by atoms with Crippen molar-refractivity contribution in [1.29, 1.82) is 0 Å². The quantitative estimate of drug-likeness (QED) is 0.689. The Labute approximate surface area is 100 Å². The van der Waals surface area contributed by atoms with E-state index < -0.39 is 13.0 Å². The van der Waals surface area contributed by atoms with Crippen LogP contribution in [0.3, 0.4) is 0 Å². The number of carbonyl (C=O) groups excluding carboxylic acids is 1. The van der Waals surface area contributed by atoms with Gasteiger partial charge in [-0.1, -0.05) is 0 Å². The minimum absolute atomic E-state index is 0.0461. The summed E-state index contributed by atoms with van der Waals surface area (Å²) in [6.07, 6.45) is -0.566. The van der Waals surface area contributed by atoms with Crippen LogP contribution in [0, 0.1) is 0 Å². The molecule has 0 aromatic carbocycles. The molecule has 0 atom stereocenters. The van der Waals surface area contributed by atoms with Crippen molar-refractivity contribution >= 4 is 5.91 Å². The number of nitrogens with one attached hydrogen (secondary N) is 2. The van der Waals surface area contributed by atoms with E-state index in [9.17, 15) is 13.6 Å². The zero-order valence-corrected chi connectivity index (χ0v) is 10.1. The summed E-state index contributed by atoms with van der Waals surface area (Å²) in [5, 5.41) is 6.16. The lowest BCUT2D eigenvalue weighted by atomic mass is 9.90. The number of halogens is 2. The fourth-order valence-corrected chi connectivity index (χ4v) is 1.84. The molecule has 4 nitrogen and oxygen atoms in total. The maximum absolute atomic E-state index is 11.8. The molecule has 0 saturated carbocycles. The molecule has 6 heteroatoms. The lowest BCUT2D eigenvalue weighted by Crippen LogP contribution is -2.52. The second kappa shape index (κ2) is 6.86. The summed E-state index contributed by atoms with van der Waals surface area (Å²) >= 11 is 0. The highest BCUT2D eigenvalue weighted by Crippen LogP contribution is 2.16. The molecule has 1 saturated heterocycles. The number of rotatable bonds is 6. The van der Waals surface area contributed by atoms with Crippen LogP contribution in [0.15, 0.2) is 0 Å². The maximum atomic E-state index is 11.8. The van der Waals surface area contributed by atoms with Gasteiger partial charge in [-0.05, 0) is 32.9 Å². The normalized spacial score (nSPS) is 19.3. The van der Waals surface area contributed by atoms with Crippen LogP contribution >= 0.6 is 0 Å². The molecule has 0 aliphatic carbocycles. The Morgan fingerprint density at radius 1 is 1.47 bits per heavy atom. The molecule has 1 rings (SSSR count). The first-order chi connectivity index (χ1) is 8.02. The summed E-state index contributed by atoms with van der Waals surface area (Å²) in [5.41, 5.74) is -0.176. The molecule has 1 aliphatic heterocycles. The van der Waals surface area contributed by atoms with Crippen LogP contribution < -0.4 is 10.6 Å². The molecular formula is C11H20F2N2O2. The van der Waals surface area contributed by atoms with Crippen LogP contribution in [0.2, 0.25) is 0 Å². The molecule has 1 aliphatic rings. The Morgan fingerprint density at radius 3 is 2.71 bits per heavy atom. The summed E-state index contributed by atoms with van der Waals surface area (Å²) in [4.78, 5) is 11.6. The molecule has 2 N–H and O–H groups in total. The predicted octanol–water partition coefficient (Wildman–Crippen LogP) is 0.917. The number of piperidine rings is 1. The third-order valence-corrected chi connectivity index (χ3v) is 2.87. The maximum Gasteiger partial charge on any atom is 0.261 e. The van der Waals surface area contributed by atoms with Gasteiger partial charge < -0.3 is 15.4 Å². The average molecular weight is 250 g/mol. The minimum atomic E-state index is -2.47. The smallest absolute Gasteiger partial charge is 0.261 e. The number of ether oxygens (including phenoxy) is 1. The topological polar surface area (TPSA) is 50.4 Å². The molecule has 0 bridgehead atoms. The van der Waals surface area contributed by atoms with Crippen molar-refractivity contribution < 1.29 is 18.3 Å². The van der Waals surface area contributed by atoms with E-state index in [0.717, 1.165) is 25.9 Å². The Kier molecular flexibility index (Phi) is 5.77. The molecule has 1 heterocycles.